The number of carboxylic acids is 1. The molecule has 116 valence electrons. The van der Waals surface area contributed by atoms with Crippen molar-refractivity contribution in [1.29, 1.82) is 0 Å². The van der Waals surface area contributed by atoms with E-state index in [0.717, 1.165) is 26.1 Å². The van der Waals surface area contributed by atoms with E-state index in [-0.39, 0.29) is 0 Å². The van der Waals surface area contributed by atoms with E-state index >= 15 is 0 Å². The molecule has 0 spiro atoms. The van der Waals surface area contributed by atoms with Gasteiger partial charge in [0.15, 0.2) is 0 Å². The van der Waals surface area contributed by atoms with Crippen LogP contribution in [-0.4, -0.2) is 54.2 Å². The molecule has 1 aliphatic heterocycles. The maximum Gasteiger partial charge on any atom is 0.326 e. The molecule has 0 aromatic heterocycles. The smallest absolute Gasteiger partial charge is 0.326 e. The van der Waals surface area contributed by atoms with E-state index in [2.05, 4.69) is 15.5 Å². The number of likely N-dealkylation sites (tertiary alicyclic amines) is 1. The molecule has 0 aromatic rings. The molecule has 3 N–H and O–H groups in total. The van der Waals surface area contributed by atoms with Crippen LogP contribution in [0.15, 0.2) is 0 Å². The number of carbonyl (C=O) groups excluding carboxylic acids is 1. The van der Waals surface area contributed by atoms with Gasteiger partial charge in [-0.1, -0.05) is 20.8 Å². The Morgan fingerprint density at radius 3 is 2.35 bits per heavy atom. The van der Waals surface area contributed by atoms with Crippen LogP contribution in [0.2, 0.25) is 0 Å². The Hall–Kier alpha value is -1.30. The summed E-state index contributed by atoms with van der Waals surface area (Å²) < 4.78 is 0. The standard InChI is InChI=1S/C14H27N3O3/c1-14(2,3)11(12(18)19)16-13(20)15-7-6-10-17-8-4-5-9-17/h11H,4-10H2,1-3H3,(H,18,19)(H2,15,16,20). The summed E-state index contributed by atoms with van der Waals surface area (Å²) in [5.41, 5.74) is -0.515. The van der Waals surface area contributed by atoms with Crippen molar-refractivity contribution in [2.45, 2.75) is 46.1 Å². The fourth-order valence-corrected chi connectivity index (χ4v) is 2.34. The van der Waals surface area contributed by atoms with Crippen molar-refractivity contribution in [3.05, 3.63) is 0 Å². The molecule has 2 amide bonds. The molecule has 1 fully saturated rings. The molecule has 0 radical (unpaired) electrons. The van der Waals surface area contributed by atoms with Crippen molar-refractivity contribution in [2.75, 3.05) is 26.2 Å². The van der Waals surface area contributed by atoms with Crippen LogP contribution in [0.4, 0.5) is 4.79 Å². The van der Waals surface area contributed by atoms with Crippen molar-refractivity contribution >= 4 is 12.0 Å². The molecule has 0 aromatic carbocycles. The Morgan fingerprint density at radius 2 is 1.85 bits per heavy atom. The number of urea groups is 1. The molecule has 6 heteroatoms. The maximum atomic E-state index is 11.7. The lowest BCUT2D eigenvalue weighted by Gasteiger charge is -2.27. The van der Waals surface area contributed by atoms with E-state index in [9.17, 15) is 9.59 Å². The van der Waals surface area contributed by atoms with Gasteiger partial charge in [0, 0.05) is 6.54 Å². The molecule has 20 heavy (non-hydrogen) atoms. The number of nitrogens with zero attached hydrogens (tertiary/aromatic N) is 1. The lowest BCUT2D eigenvalue weighted by atomic mass is 9.87. The molecule has 1 unspecified atom stereocenters. The summed E-state index contributed by atoms with van der Waals surface area (Å²) in [5, 5.41) is 14.4. The number of rotatable bonds is 6. The van der Waals surface area contributed by atoms with E-state index < -0.39 is 23.5 Å². The van der Waals surface area contributed by atoms with Crippen molar-refractivity contribution < 1.29 is 14.7 Å². The molecule has 6 nitrogen and oxygen atoms in total. The third-order valence-corrected chi connectivity index (χ3v) is 3.52. The number of aliphatic carboxylic acids is 1. The van der Waals surface area contributed by atoms with E-state index in [0.29, 0.717) is 6.54 Å². The van der Waals surface area contributed by atoms with Gasteiger partial charge in [0.1, 0.15) is 6.04 Å². The molecule has 1 heterocycles. The second kappa shape index (κ2) is 7.47. The molecular formula is C14H27N3O3. The molecule has 0 bridgehead atoms. The second-order valence-electron chi connectivity index (χ2n) is 6.44. The SMILES string of the molecule is CC(C)(C)C(NC(=O)NCCCN1CCCC1)C(=O)O. The zero-order valence-corrected chi connectivity index (χ0v) is 12.7. The summed E-state index contributed by atoms with van der Waals surface area (Å²) in [6.45, 7) is 9.23. The second-order valence-corrected chi connectivity index (χ2v) is 6.44. The van der Waals surface area contributed by atoms with Gasteiger partial charge in [0.2, 0.25) is 0 Å². The number of carbonyl (C=O) groups is 2. The number of carboxylic acid groups (broad SMARTS) is 1. The van der Waals surface area contributed by atoms with E-state index in [1.807, 2.05) is 0 Å². The minimum absolute atomic E-state index is 0.409. The summed E-state index contributed by atoms with van der Waals surface area (Å²) in [7, 11) is 0. The summed E-state index contributed by atoms with van der Waals surface area (Å²) in [5.74, 6) is -1.01. The lowest BCUT2D eigenvalue weighted by molar-refractivity contribution is -0.141. The van der Waals surface area contributed by atoms with Gasteiger partial charge in [-0.2, -0.15) is 0 Å². The van der Waals surface area contributed by atoms with Crippen LogP contribution in [-0.2, 0) is 4.79 Å². The normalized spacial score (nSPS) is 17.8. The predicted molar refractivity (Wildman–Crippen MR) is 77.7 cm³/mol. The van der Waals surface area contributed by atoms with Crippen molar-refractivity contribution in [3.8, 4) is 0 Å². The van der Waals surface area contributed by atoms with Crippen LogP contribution >= 0.6 is 0 Å². The lowest BCUT2D eigenvalue weighted by Crippen LogP contribution is -2.52. The molecule has 1 saturated heterocycles. The minimum atomic E-state index is -1.01. The largest absolute Gasteiger partial charge is 0.480 e. The predicted octanol–water partition coefficient (Wildman–Crippen LogP) is 1.27. The first-order valence-electron chi connectivity index (χ1n) is 7.30. The van der Waals surface area contributed by atoms with E-state index in [1.165, 1.54) is 12.8 Å². The fraction of sp³-hybridized carbons (Fsp3) is 0.857. The Bertz CT molecular complexity index is 333. The van der Waals surface area contributed by atoms with Crippen molar-refractivity contribution in [1.82, 2.24) is 15.5 Å². The highest BCUT2D eigenvalue weighted by Crippen LogP contribution is 2.19. The third-order valence-electron chi connectivity index (χ3n) is 3.52. The van der Waals surface area contributed by atoms with Crippen molar-refractivity contribution in [2.24, 2.45) is 5.41 Å². The first-order valence-corrected chi connectivity index (χ1v) is 7.30. The van der Waals surface area contributed by atoms with Gasteiger partial charge in [-0.25, -0.2) is 9.59 Å². The fourth-order valence-electron chi connectivity index (χ4n) is 2.34. The summed E-state index contributed by atoms with van der Waals surface area (Å²) >= 11 is 0. The van der Waals surface area contributed by atoms with Crippen LogP contribution in [0.5, 0.6) is 0 Å². The van der Waals surface area contributed by atoms with Gasteiger partial charge < -0.3 is 20.6 Å². The van der Waals surface area contributed by atoms with Crippen LogP contribution in [0.25, 0.3) is 0 Å². The molecule has 0 aliphatic carbocycles. The monoisotopic (exact) mass is 285 g/mol. The highest BCUT2D eigenvalue weighted by atomic mass is 16.4. The van der Waals surface area contributed by atoms with Crippen LogP contribution < -0.4 is 10.6 Å². The van der Waals surface area contributed by atoms with E-state index in [1.54, 1.807) is 20.8 Å². The Morgan fingerprint density at radius 1 is 1.25 bits per heavy atom. The summed E-state index contributed by atoms with van der Waals surface area (Å²) in [6.07, 6.45) is 3.42. The Balaban J connectivity index is 2.22. The molecule has 1 atom stereocenters. The first kappa shape index (κ1) is 16.8. The average molecular weight is 285 g/mol. The highest BCUT2D eigenvalue weighted by molar-refractivity contribution is 5.83. The summed E-state index contributed by atoms with van der Waals surface area (Å²) in [4.78, 5) is 25.2. The highest BCUT2D eigenvalue weighted by Gasteiger charge is 2.32. The maximum absolute atomic E-state index is 11.7. The Kier molecular flexibility index (Phi) is 6.26. The van der Waals surface area contributed by atoms with Gasteiger partial charge in [-0.05, 0) is 44.3 Å². The quantitative estimate of drug-likeness (QED) is 0.642. The number of nitrogens with one attached hydrogen (secondary N) is 2. The van der Waals surface area contributed by atoms with Gasteiger partial charge in [0.05, 0.1) is 0 Å². The first-order chi connectivity index (χ1) is 9.30. The number of amides is 2. The number of hydrogen-bond acceptors (Lipinski definition) is 3. The zero-order valence-electron chi connectivity index (χ0n) is 12.7. The molecule has 1 rings (SSSR count). The Labute approximate surface area is 120 Å². The van der Waals surface area contributed by atoms with Crippen LogP contribution in [0.1, 0.15) is 40.0 Å². The topological polar surface area (TPSA) is 81.7 Å². The minimum Gasteiger partial charge on any atom is -0.480 e. The van der Waals surface area contributed by atoms with Crippen molar-refractivity contribution in [3.63, 3.8) is 0 Å². The van der Waals surface area contributed by atoms with Gasteiger partial charge in [-0.15, -0.1) is 0 Å². The zero-order chi connectivity index (χ0) is 15.2. The summed E-state index contributed by atoms with van der Waals surface area (Å²) in [6, 6.07) is -1.30. The van der Waals surface area contributed by atoms with Gasteiger partial charge in [0.25, 0.3) is 0 Å². The molecular weight excluding hydrogens is 258 g/mol. The van der Waals surface area contributed by atoms with Gasteiger partial charge in [-0.3, -0.25) is 0 Å². The number of hydrogen-bond donors (Lipinski definition) is 3. The van der Waals surface area contributed by atoms with Crippen LogP contribution in [0.3, 0.4) is 0 Å². The van der Waals surface area contributed by atoms with Crippen LogP contribution in [0, 0.1) is 5.41 Å². The molecule has 0 saturated carbocycles. The van der Waals surface area contributed by atoms with Gasteiger partial charge >= 0.3 is 12.0 Å². The third kappa shape index (κ3) is 5.77. The van der Waals surface area contributed by atoms with E-state index in [4.69, 9.17) is 5.11 Å². The molecule has 1 aliphatic rings. The average Bonchev–Trinajstić information content (AvgIpc) is 2.83.